The van der Waals surface area contributed by atoms with E-state index >= 15 is 0 Å². The minimum absolute atomic E-state index is 0.213. The molecule has 3 heteroatoms. The molecule has 0 spiro atoms. The average Bonchev–Trinajstić information content (AvgIpc) is 2.50. The van der Waals surface area contributed by atoms with E-state index in [0.29, 0.717) is 6.61 Å². The van der Waals surface area contributed by atoms with Gasteiger partial charge >= 0.3 is 0 Å². The van der Waals surface area contributed by atoms with E-state index in [4.69, 9.17) is 4.74 Å². The molecule has 0 amide bonds. The van der Waals surface area contributed by atoms with Gasteiger partial charge in [-0.05, 0) is 35.4 Å². The molecular formula is C18H18O3. The Morgan fingerprint density at radius 1 is 0.952 bits per heavy atom. The number of ether oxygens (including phenoxy) is 1. The number of phenols is 2. The molecule has 0 saturated carbocycles. The second-order valence-electron chi connectivity index (χ2n) is 4.58. The van der Waals surface area contributed by atoms with E-state index in [1.54, 1.807) is 30.3 Å². The van der Waals surface area contributed by atoms with Crippen molar-refractivity contribution in [1.29, 1.82) is 0 Å². The summed E-state index contributed by atoms with van der Waals surface area (Å²) >= 11 is 0. The smallest absolute Gasteiger partial charge is 0.115 e. The van der Waals surface area contributed by atoms with Gasteiger partial charge in [0, 0.05) is 0 Å². The SMILES string of the molecule is C=C[C@@H](OC/C=C/c1ccc(O)cc1)c1ccc(O)cc1. The normalized spacial score (nSPS) is 12.4. The fourth-order valence-electron chi connectivity index (χ4n) is 1.89. The Kier molecular flexibility index (Phi) is 5.18. The molecule has 2 N–H and O–H groups in total. The molecule has 108 valence electrons. The minimum Gasteiger partial charge on any atom is -0.508 e. The van der Waals surface area contributed by atoms with Gasteiger partial charge in [0.1, 0.15) is 17.6 Å². The molecule has 2 rings (SSSR count). The number of rotatable bonds is 6. The van der Waals surface area contributed by atoms with Crippen LogP contribution in [0.2, 0.25) is 0 Å². The second kappa shape index (κ2) is 7.31. The predicted molar refractivity (Wildman–Crippen MR) is 84.1 cm³/mol. The van der Waals surface area contributed by atoms with Crippen LogP contribution in [0.4, 0.5) is 0 Å². The first-order chi connectivity index (χ1) is 10.2. The number of aromatic hydroxyl groups is 2. The molecule has 0 bridgehead atoms. The number of phenolic OH excluding ortho intramolecular Hbond substituents is 2. The summed E-state index contributed by atoms with van der Waals surface area (Å²) in [6, 6.07) is 13.8. The fourth-order valence-corrected chi connectivity index (χ4v) is 1.89. The van der Waals surface area contributed by atoms with E-state index in [1.807, 2.05) is 36.4 Å². The third kappa shape index (κ3) is 4.51. The monoisotopic (exact) mass is 282 g/mol. The highest BCUT2D eigenvalue weighted by molar-refractivity contribution is 5.50. The Bertz CT molecular complexity index is 597. The third-order valence-corrected chi connectivity index (χ3v) is 3.01. The highest BCUT2D eigenvalue weighted by Gasteiger charge is 2.06. The molecule has 1 atom stereocenters. The van der Waals surface area contributed by atoms with Crippen molar-refractivity contribution in [2.45, 2.75) is 6.10 Å². The standard InChI is InChI=1S/C18H18O3/c1-2-18(15-7-11-17(20)12-8-15)21-13-3-4-14-5-9-16(19)10-6-14/h2-12,18-20H,1,13H2/b4-3+/t18-/m1/s1. The van der Waals surface area contributed by atoms with Gasteiger partial charge in [-0.3, -0.25) is 0 Å². The van der Waals surface area contributed by atoms with Crippen LogP contribution >= 0.6 is 0 Å². The molecule has 2 aromatic carbocycles. The van der Waals surface area contributed by atoms with E-state index in [0.717, 1.165) is 11.1 Å². The van der Waals surface area contributed by atoms with Crippen molar-refractivity contribution in [2.24, 2.45) is 0 Å². The lowest BCUT2D eigenvalue weighted by Gasteiger charge is -2.13. The predicted octanol–water partition coefficient (Wildman–Crippen LogP) is 4.05. The van der Waals surface area contributed by atoms with Crippen LogP contribution in [0.25, 0.3) is 6.08 Å². The van der Waals surface area contributed by atoms with Crippen molar-refractivity contribution in [3.63, 3.8) is 0 Å². The summed E-state index contributed by atoms with van der Waals surface area (Å²) < 4.78 is 5.73. The maximum absolute atomic E-state index is 9.28. The Morgan fingerprint density at radius 3 is 2.10 bits per heavy atom. The summed E-state index contributed by atoms with van der Waals surface area (Å²) in [7, 11) is 0. The van der Waals surface area contributed by atoms with E-state index in [9.17, 15) is 10.2 Å². The summed E-state index contributed by atoms with van der Waals surface area (Å²) in [6.07, 6.45) is 5.34. The Balaban J connectivity index is 1.90. The van der Waals surface area contributed by atoms with Crippen LogP contribution in [0.5, 0.6) is 11.5 Å². The summed E-state index contributed by atoms with van der Waals surface area (Å²) in [5.74, 6) is 0.483. The van der Waals surface area contributed by atoms with Crippen LogP contribution in [-0.4, -0.2) is 16.8 Å². The second-order valence-corrected chi connectivity index (χ2v) is 4.58. The highest BCUT2D eigenvalue weighted by atomic mass is 16.5. The summed E-state index contributed by atoms with van der Waals surface area (Å²) in [6.45, 7) is 4.21. The summed E-state index contributed by atoms with van der Waals surface area (Å²) in [4.78, 5) is 0. The van der Waals surface area contributed by atoms with Crippen molar-refractivity contribution < 1.29 is 14.9 Å². The van der Waals surface area contributed by atoms with Gasteiger partial charge in [-0.2, -0.15) is 0 Å². The van der Waals surface area contributed by atoms with Gasteiger partial charge in [0.15, 0.2) is 0 Å². The van der Waals surface area contributed by atoms with Crippen LogP contribution in [0.15, 0.2) is 67.3 Å². The average molecular weight is 282 g/mol. The van der Waals surface area contributed by atoms with Crippen molar-refractivity contribution in [3.05, 3.63) is 78.4 Å². The molecular weight excluding hydrogens is 264 g/mol. The number of hydrogen-bond donors (Lipinski definition) is 2. The lowest BCUT2D eigenvalue weighted by atomic mass is 10.1. The van der Waals surface area contributed by atoms with E-state index in [-0.39, 0.29) is 17.6 Å². The lowest BCUT2D eigenvalue weighted by Crippen LogP contribution is -2.01. The molecule has 3 nitrogen and oxygen atoms in total. The molecule has 0 saturated heterocycles. The van der Waals surface area contributed by atoms with Gasteiger partial charge in [-0.1, -0.05) is 42.5 Å². The first kappa shape index (κ1) is 14.9. The first-order valence-electron chi connectivity index (χ1n) is 6.67. The quantitative estimate of drug-likeness (QED) is 0.786. The van der Waals surface area contributed by atoms with Gasteiger partial charge in [0.25, 0.3) is 0 Å². The van der Waals surface area contributed by atoms with E-state index in [2.05, 4.69) is 6.58 Å². The van der Waals surface area contributed by atoms with E-state index < -0.39 is 0 Å². The van der Waals surface area contributed by atoms with Crippen molar-refractivity contribution >= 4 is 6.08 Å². The Hall–Kier alpha value is -2.52. The van der Waals surface area contributed by atoms with Gasteiger partial charge in [-0.25, -0.2) is 0 Å². The molecule has 0 fully saturated rings. The van der Waals surface area contributed by atoms with Crippen molar-refractivity contribution in [3.8, 4) is 11.5 Å². The maximum atomic E-state index is 9.28. The lowest BCUT2D eigenvalue weighted by molar-refractivity contribution is 0.110. The zero-order chi connectivity index (χ0) is 15.1. The molecule has 0 aliphatic heterocycles. The van der Waals surface area contributed by atoms with Crippen LogP contribution in [-0.2, 0) is 4.74 Å². The van der Waals surface area contributed by atoms with Crippen LogP contribution < -0.4 is 0 Å². The molecule has 0 heterocycles. The Morgan fingerprint density at radius 2 is 1.52 bits per heavy atom. The van der Waals surface area contributed by atoms with Crippen LogP contribution in [0, 0.1) is 0 Å². The summed E-state index contributed by atoms with van der Waals surface area (Å²) in [5, 5.41) is 18.5. The molecule has 0 aliphatic rings. The van der Waals surface area contributed by atoms with Gasteiger partial charge in [-0.15, -0.1) is 6.58 Å². The van der Waals surface area contributed by atoms with Gasteiger partial charge in [0.2, 0.25) is 0 Å². The fraction of sp³-hybridized carbons (Fsp3) is 0.111. The van der Waals surface area contributed by atoms with Crippen molar-refractivity contribution in [2.75, 3.05) is 6.61 Å². The molecule has 0 radical (unpaired) electrons. The highest BCUT2D eigenvalue weighted by Crippen LogP contribution is 2.21. The molecule has 0 unspecified atom stereocenters. The number of benzene rings is 2. The molecule has 21 heavy (non-hydrogen) atoms. The van der Waals surface area contributed by atoms with Crippen LogP contribution in [0.3, 0.4) is 0 Å². The summed E-state index contributed by atoms with van der Waals surface area (Å²) in [5.41, 5.74) is 1.94. The van der Waals surface area contributed by atoms with Gasteiger partial charge in [0.05, 0.1) is 6.61 Å². The largest absolute Gasteiger partial charge is 0.508 e. The van der Waals surface area contributed by atoms with Gasteiger partial charge < -0.3 is 14.9 Å². The maximum Gasteiger partial charge on any atom is 0.115 e. The van der Waals surface area contributed by atoms with Crippen LogP contribution in [0.1, 0.15) is 17.2 Å². The Labute approximate surface area is 124 Å². The topological polar surface area (TPSA) is 49.7 Å². The van der Waals surface area contributed by atoms with Crippen molar-refractivity contribution in [1.82, 2.24) is 0 Å². The zero-order valence-corrected chi connectivity index (χ0v) is 11.6. The molecule has 0 aromatic heterocycles. The first-order valence-corrected chi connectivity index (χ1v) is 6.67. The molecule has 0 aliphatic carbocycles. The third-order valence-electron chi connectivity index (χ3n) is 3.01. The minimum atomic E-state index is -0.213. The number of hydrogen-bond acceptors (Lipinski definition) is 3. The van der Waals surface area contributed by atoms with E-state index in [1.165, 1.54) is 0 Å². The zero-order valence-electron chi connectivity index (χ0n) is 11.6. The molecule has 2 aromatic rings.